The Kier molecular flexibility index (Phi) is 3.92. The van der Waals surface area contributed by atoms with Crippen molar-refractivity contribution in [2.75, 3.05) is 13.1 Å². The average molecular weight is 378 g/mol. The van der Waals surface area contributed by atoms with Crippen LogP contribution in [0.5, 0.6) is 0 Å². The molecule has 0 unspecified atom stereocenters. The van der Waals surface area contributed by atoms with Gasteiger partial charge in [-0.3, -0.25) is 9.59 Å². The maximum atomic E-state index is 13.1. The van der Waals surface area contributed by atoms with Gasteiger partial charge in [0.15, 0.2) is 0 Å². The second-order valence-corrected chi connectivity index (χ2v) is 7.80. The van der Waals surface area contributed by atoms with Gasteiger partial charge in [-0.05, 0) is 24.5 Å². The molecule has 3 aromatic heterocycles. The highest BCUT2D eigenvalue weighted by Crippen LogP contribution is 2.35. The molecule has 8 nitrogen and oxygen atoms in total. The van der Waals surface area contributed by atoms with E-state index in [0.29, 0.717) is 43.4 Å². The van der Waals surface area contributed by atoms with Crippen LogP contribution in [-0.4, -0.2) is 48.0 Å². The fourth-order valence-corrected chi connectivity index (χ4v) is 4.60. The number of hydrogen-bond acceptors (Lipinski definition) is 4. The average Bonchev–Trinajstić information content (AvgIpc) is 3.34. The summed E-state index contributed by atoms with van der Waals surface area (Å²) in [5.41, 5.74) is 2.50. The van der Waals surface area contributed by atoms with E-state index in [1.807, 2.05) is 39.4 Å². The fraction of sp³-hybridized carbons (Fsp3) is 0.400. The third kappa shape index (κ3) is 2.76. The first-order chi connectivity index (χ1) is 13.6. The number of aromatic nitrogens is 5. The largest absolute Gasteiger partial charge is 0.348 e. The molecule has 1 N–H and O–H groups in total. The number of amides is 1. The lowest BCUT2D eigenvalue weighted by atomic mass is 9.82. The summed E-state index contributed by atoms with van der Waals surface area (Å²) in [6.07, 6.45) is 8.19. The summed E-state index contributed by atoms with van der Waals surface area (Å²) < 4.78 is 3.77. The number of carbonyl (C=O) groups excluding carboxylic acids is 1. The number of nitrogens with zero attached hydrogens (tertiary/aromatic N) is 5. The van der Waals surface area contributed by atoms with Crippen LogP contribution in [0.15, 0.2) is 41.8 Å². The van der Waals surface area contributed by atoms with Crippen LogP contribution in [0.25, 0.3) is 11.4 Å². The summed E-state index contributed by atoms with van der Waals surface area (Å²) in [7, 11) is 1.89. The van der Waals surface area contributed by atoms with E-state index in [0.717, 1.165) is 17.8 Å². The molecule has 0 saturated carbocycles. The highest BCUT2D eigenvalue weighted by molar-refractivity contribution is 5.78. The van der Waals surface area contributed by atoms with E-state index in [1.165, 1.54) is 0 Å². The molecule has 0 spiro atoms. The smallest absolute Gasteiger partial charge is 0.261 e. The zero-order valence-corrected chi connectivity index (χ0v) is 15.7. The summed E-state index contributed by atoms with van der Waals surface area (Å²) in [6.45, 7) is 2.00. The van der Waals surface area contributed by atoms with Gasteiger partial charge in [0.05, 0.1) is 18.3 Å². The summed E-state index contributed by atoms with van der Waals surface area (Å²) in [5.74, 6) is 1.29. The van der Waals surface area contributed by atoms with Gasteiger partial charge in [-0.2, -0.15) is 0 Å². The van der Waals surface area contributed by atoms with Crippen LogP contribution in [0.3, 0.4) is 0 Å². The Morgan fingerprint density at radius 2 is 2.18 bits per heavy atom. The zero-order valence-electron chi connectivity index (χ0n) is 15.7. The molecule has 0 aromatic carbocycles. The van der Waals surface area contributed by atoms with Crippen LogP contribution in [0.1, 0.15) is 23.7 Å². The van der Waals surface area contributed by atoms with Gasteiger partial charge in [0, 0.05) is 62.6 Å². The van der Waals surface area contributed by atoms with Crippen molar-refractivity contribution in [2.45, 2.75) is 25.3 Å². The zero-order chi connectivity index (χ0) is 19.3. The maximum absolute atomic E-state index is 13.1. The molecule has 1 fully saturated rings. The highest BCUT2D eigenvalue weighted by atomic mass is 16.2. The number of fused-ring (bicyclic) bond motifs is 4. The number of imidazole rings is 2. The molecule has 2 aliphatic heterocycles. The quantitative estimate of drug-likeness (QED) is 0.741. The number of hydrogen-bond donors (Lipinski definition) is 1. The predicted molar refractivity (Wildman–Crippen MR) is 103 cm³/mol. The van der Waals surface area contributed by atoms with Crippen molar-refractivity contribution in [3.8, 4) is 11.4 Å². The van der Waals surface area contributed by atoms with Crippen LogP contribution in [0, 0.1) is 5.92 Å². The molecule has 144 valence electrons. The van der Waals surface area contributed by atoms with Crippen LogP contribution >= 0.6 is 0 Å². The third-order valence-corrected chi connectivity index (χ3v) is 5.92. The number of aryl methyl sites for hydroxylation is 1. The van der Waals surface area contributed by atoms with Crippen LogP contribution in [-0.2, 0) is 24.8 Å². The number of nitrogens with one attached hydrogen (secondary N) is 1. The van der Waals surface area contributed by atoms with Crippen molar-refractivity contribution < 1.29 is 4.79 Å². The molecule has 2 aliphatic rings. The van der Waals surface area contributed by atoms with Crippen molar-refractivity contribution >= 4 is 5.91 Å². The minimum absolute atomic E-state index is 0.0127. The molecule has 0 aliphatic carbocycles. The molecular weight excluding hydrogens is 356 g/mol. The standard InChI is InChI=1S/C20H22N6O2/c1-24-5-4-22-19(24)16-2-3-17-14-6-13(10-26(17)20(16)28)9-25(11-14)18(27)7-15-8-21-12-23-15/h2-5,8,12-14H,6-7,9-11H2,1H3,(H,21,23)/t13-,14+/m0/s1. The molecule has 1 amide bonds. The minimum Gasteiger partial charge on any atom is -0.348 e. The Balaban J connectivity index is 1.43. The number of piperidine rings is 1. The van der Waals surface area contributed by atoms with E-state index in [2.05, 4.69) is 15.0 Å². The molecule has 5 heterocycles. The van der Waals surface area contributed by atoms with Crippen LogP contribution < -0.4 is 5.56 Å². The van der Waals surface area contributed by atoms with E-state index in [-0.39, 0.29) is 17.4 Å². The molecule has 0 radical (unpaired) electrons. The Morgan fingerprint density at radius 1 is 1.29 bits per heavy atom. The normalized spacial score (nSPS) is 20.8. The molecule has 1 saturated heterocycles. The van der Waals surface area contributed by atoms with Gasteiger partial charge in [0.25, 0.3) is 5.56 Å². The van der Waals surface area contributed by atoms with Crippen molar-refractivity contribution in [3.05, 3.63) is 58.8 Å². The van der Waals surface area contributed by atoms with Crippen molar-refractivity contribution in [3.63, 3.8) is 0 Å². The van der Waals surface area contributed by atoms with Gasteiger partial charge < -0.3 is 19.0 Å². The van der Waals surface area contributed by atoms with Gasteiger partial charge in [-0.25, -0.2) is 9.97 Å². The number of pyridine rings is 1. The molecule has 2 atom stereocenters. The number of likely N-dealkylation sites (tertiary alicyclic amines) is 1. The molecular formula is C20H22N6O2. The topological polar surface area (TPSA) is 88.8 Å². The lowest BCUT2D eigenvalue weighted by molar-refractivity contribution is -0.133. The Labute approximate surface area is 161 Å². The summed E-state index contributed by atoms with van der Waals surface area (Å²) >= 11 is 0. The van der Waals surface area contributed by atoms with Crippen LogP contribution in [0.4, 0.5) is 0 Å². The van der Waals surface area contributed by atoms with Gasteiger partial charge in [0.1, 0.15) is 5.82 Å². The van der Waals surface area contributed by atoms with Gasteiger partial charge in [-0.1, -0.05) is 0 Å². The Morgan fingerprint density at radius 3 is 2.93 bits per heavy atom. The van der Waals surface area contributed by atoms with Gasteiger partial charge >= 0.3 is 0 Å². The first-order valence-electron chi connectivity index (χ1n) is 9.56. The fourth-order valence-electron chi connectivity index (χ4n) is 4.60. The Bertz CT molecular complexity index is 1080. The first-order valence-corrected chi connectivity index (χ1v) is 9.56. The summed E-state index contributed by atoms with van der Waals surface area (Å²) in [6, 6.07) is 3.91. The predicted octanol–water partition coefficient (Wildman–Crippen LogP) is 1.16. The number of H-pyrrole nitrogens is 1. The molecule has 5 rings (SSSR count). The van der Waals surface area contributed by atoms with Crippen LogP contribution in [0.2, 0.25) is 0 Å². The number of rotatable bonds is 3. The second-order valence-electron chi connectivity index (χ2n) is 7.80. The Hall–Kier alpha value is -3.16. The van der Waals surface area contributed by atoms with E-state index in [1.54, 1.807) is 18.7 Å². The lowest BCUT2D eigenvalue weighted by Gasteiger charge is -2.43. The second kappa shape index (κ2) is 6.47. The molecule has 8 heteroatoms. The van der Waals surface area contributed by atoms with Gasteiger partial charge in [0.2, 0.25) is 5.91 Å². The summed E-state index contributed by atoms with van der Waals surface area (Å²) in [4.78, 5) is 39.1. The highest BCUT2D eigenvalue weighted by Gasteiger charge is 2.36. The molecule has 3 aromatic rings. The molecule has 2 bridgehead atoms. The third-order valence-electron chi connectivity index (χ3n) is 5.92. The van der Waals surface area contributed by atoms with E-state index in [4.69, 9.17) is 0 Å². The summed E-state index contributed by atoms with van der Waals surface area (Å²) in [5, 5.41) is 0. The maximum Gasteiger partial charge on any atom is 0.261 e. The van der Waals surface area contributed by atoms with E-state index in [9.17, 15) is 9.59 Å². The van der Waals surface area contributed by atoms with Crippen molar-refractivity contribution in [1.29, 1.82) is 0 Å². The number of aromatic amines is 1. The van der Waals surface area contributed by atoms with E-state index < -0.39 is 0 Å². The van der Waals surface area contributed by atoms with Crippen molar-refractivity contribution in [2.24, 2.45) is 13.0 Å². The van der Waals surface area contributed by atoms with Gasteiger partial charge in [-0.15, -0.1) is 0 Å². The monoisotopic (exact) mass is 378 g/mol. The van der Waals surface area contributed by atoms with E-state index >= 15 is 0 Å². The first kappa shape index (κ1) is 17.0. The molecule has 28 heavy (non-hydrogen) atoms. The lowest BCUT2D eigenvalue weighted by Crippen LogP contribution is -2.49. The minimum atomic E-state index is 0.0127. The van der Waals surface area contributed by atoms with Crippen molar-refractivity contribution in [1.82, 2.24) is 29.0 Å². The SMILES string of the molecule is Cn1ccnc1-c1ccc2n(c1=O)C[C@H]1C[C@@H]2CN(C(=O)Cc2cnc[nH]2)C1. The number of carbonyl (C=O) groups is 1.